The zero-order chi connectivity index (χ0) is 9.68. The number of hydrogen-bond acceptors (Lipinski definition) is 2. The van der Waals surface area contributed by atoms with Crippen molar-refractivity contribution >= 4 is 16.9 Å². The van der Waals surface area contributed by atoms with Gasteiger partial charge in [-0.05, 0) is 19.4 Å². The van der Waals surface area contributed by atoms with Crippen LogP contribution in [0.4, 0.5) is 0 Å². The van der Waals surface area contributed by atoms with Crippen LogP contribution in [0, 0.1) is 0 Å². The molecule has 74 valence electrons. The van der Waals surface area contributed by atoms with Gasteiger partial charge in [-0.3, -0.25) is 0 Å². The smallest absolute Gasteiger partial charge is 0.356 e. The Labute approximate surface area is 82.7 Å². The Bertz CT molecular complexity index is 191. The molecule has 0 radical (unpaired) electrons. The molecule has 1 unspecified atom stereocenters. The van der Waals surface area contributed by atoms with Crippen molar-refractivity contribution in [3.63, 3.8) is 0 Å². The van der Waals surface area contributed by atoms with Crippen LogP contribution in [0.5, 0.6) is 0 Å². The van der Waals surface area contributed by atoms with Crippen LogP contribution in [0.15, 0.2) is 12.7 Å². The van der Waals surface area contributed by atoms with E-state index in [4.69, 9.17) is 4.74 Å². The molecule has 1 saturated heterocycles. The SMILES string of the molecule is C=C[C@@H]1CCC[S+]1CC(=O)OCC. The van der Waals surface area contributed by atoms with Crippen LogP contribution in [0.1, 0.15) is 19.8 Å². The molecule has 0 aromatic carbocycles. The maximum atomic E-state index is 11.2. The molecule has 0 aromatic rings. The van der Waals surface area contributed by atoms with E-state index in [0.717, 1.165) is 0 Å². The fourth-order valence-corrected chi connectivity index (χ4v) is 3.93. The Kier molecular flexibility index (Phi) is 4.36. The highest BCUT2D eigenvalue weighted by Crippen LogP contribution is 2.23. The van der Waals surface area contributed by atoms with Crippen LogP contribution < -0.4 is 0 Å². The lowest BCUT2D eigenvalue weighted by Gasteiger charge is -2.06. The number of carbonyl (C=O) groups is 1. The third-order valence-electron chi connectivity index (χ3n) is 2.19. The first-order valence-corrected chi connectivity index (χ1v) is 6.35. The number of hydrogen-bond donors (Lipinski definition) is 0. The Hall–Kier alpha value is -0.440. The van der Waals surface area contributed by atoms with Crippen molar-refractivity contribution in [3.05, 3.63) is 12.7 Å². The lowest BCUT2D eigenvalue weighted by molar-refractivity contribution is -0.139. The fourth-order valence-electron chi connectivity index (χ4n) is 1.58. The van der Waals surface area contributed by atoms with E-state index in [9.17, 15) is 4.79 Å². The van der Waals surface area contributed by atoms with Gasteiger partial charge in [-0.2, -0.15) is 0 Å². The summed E-state index contributed by atoms with van der Waals surface area (Å²) in [5, 5.41) is 0.560. The van der Waals surface area contributed by atoms with E-state index in [1.165, 1.54) is 18.6 Å². The summed E-state index contributed by atoms with van der Waals surface area (Å²) in [5.74, 6) is 1.74. The Morgan fingerprint density at radius 1 is 1.77 bits per heavy atom. The monoisotopic (exact) mass is 201 g/mol. The molecule has 0 aliphatic carbocycles. The van der Waals surface area contributed by atoms with Crippen LogP contribution in [0.3, 0.4) is 0 Å². The minimum atomic E-state index is -0.0421. The van der Waals surface area contributed by atoms with Crippen molar-refractivity contribution in [2.75, 3.05) is 18.1 Å². The van der Waals surface area contributed by atoms with Crippen LogP contribution in [0.2, 0.25) is 0 Å². The molecule has 0 saturated carbocycles. The van der Waals surface area contributed by atoms with Gasteiger partial charge in [-0.1, -0.05) is 6.58 Å². The molecular weight excluding hydrogens is 184 g/mol. The molecule has 1 aliphatic heterocycles. The number of carbonyl (C=O) groups excluding carboxylic acids is 1. The maximum Gasteiger partial charge on any atom is 0.356 e. The molecule has 3 heteroatoms. The van der Waals surface area contributed by atoms with Crippen molar-refractivity contribution in [2.24, 2.45) is 0 Å². The van der Waals surface area contributed by atoms with Crippen molar-refractivity contribution in [1.29, 1.82) is 0 Å². The van der Waals surface area contributed by atoms with E-state index >= 15 is 0 Å². The molecule has 1 fully saturated rings. The maximum absolute atomic E-state index is 11.2. The predicted molar refractivity (Wildman–Crippen MR) is 57.0 cm³/mol. The first-order chi connectivity index (χ1) is 6.27. The summed E-state index contributed by atoms with van der Waals surface area (Å²) in [6.45, 7) is 6.14. The molecule has 1 heterocycles. The molecule has 0 amide bonds. The summed E-state index contributed by atoms with van der Waals surface area (Å²) >= 11 is 0. The molecule has 0 aromatic heterocycles. The van der Waals surface area contributed by atoms with Gasteiger partial charge >= 0.3 is 5.97 Å². The fraction of sp³-hybridized carbons (Fsp3) is 0.700. The van der Waals surface area contributed by atoms with E-state index in [-0.39, 0.29) is 16.9 Å². The number of rotatable bonds is 4. The molecule has 2 nitrogen and oxygen atoms in total. The van der Waals surface area contributed by atoms with E-state index in [1.807, 2.05) is 13.0 Å². The number of esters is 1. The molecule has 0 bridgehead atoms. The van der Waals surface area contributed by atoms with Gasteiger partial charge in [0.05, 0.1) is 6.61 Å². The van der Waals surface area contributed by atoms with Gasteiger partial charge in [-0.15, -0.1) is 0 Å². The summed E-state index contributed by atoms with van der Waals surface area (Å²) in [4.78, 5) is 11.2. The summed E-state index contributed by atoms with van der Waals surface area (Å²) in [7, 11) is 0.211. The topological polar surface area (TPSA) is 26.3 Å². The highest BCUT2D eigenvalue weighted by Gasteiger charge is 2.36. The number of ether oxygens (including phenoxy) is 1. The Balaban J connectivity index is 2.34. The van der Waals surface area contributed by atoms with Gasteiger partial charge < -0.3 is 4.74 Å². The second-order valence-electron chi connectivity index (χ2n) is 3.11. The quantitative estimate of drug-likeness (QED) is 0.391. The first-order valence-electron chi connectivity index (χ1n) is 4.72. The summed E-state index contributed by atoms with van der Waals surface area (Å²) < 4.78 is 4.93. The van der Waals surface area contributed by atoms with Crippen molar-refractivity contribution in [2.45, 2.75) is 25.0 Å². The highest BCUT2D eigenvalue weighted by atomic mass is 32.2. The molecule has 2 atom stereocenters. The van der Waals surface area contributed by atoms with Crippen molar-refractivity contribution in [3.8, 4) is 0 Å². The normalized spacial score (nSPS) is 27.2. The minimum Gasteiger partial charge on any atom is -0.463 e. The second kappa shape index (κ2) is 5.32. The zero-order valence-electron chi connectivity index (χ0n) is 8.12. The van der Waals surface area contributed by atoms with E-state index in [1.54, 1.807) is 0 Å². The minimum absolute atomic E-state index is 0.0421. The average Bonchev–Trinajstić information content (AvgIpc) is 2.52. The van der Waals surface area contributed by atoms with Gasteiger partial charge in [0.15, 0.2) is 0 Å². The molecule has 0 spiro atoms. The van der Waals surface area contributed by atoms with Gasteiger partial charge in [0, 0.05) is 17.3 Å². The summed E-state index contributed by atoms with van der Waals surface area (Å²) in [5.41, 5.74) is 0. The molecule has 1 rings (SSSR count). The van der Waals surface area contributed by atoms with E-state index in [0.29, 0.717) is 17.6 Å². The third kappa shape index (κ3) is 3.07. The van der Waals surface area contributed by atoms with Crippen LogP contribution in [0.25, 0.3) is 0 Å². The molecule has 0 N–H and O–H groups in total. The Morgan fingerprint density at radius 3 is 3.15 bits per heavy atom. The van der Waals surface area contributed by atoms with Gasteiger partial charge in [0.1, 0.15) is 11.0 Å². The zero-order valence-corrected chi connectivity index (χ0v) is 8.94. The lowest BCUT2D eigenvalue weighted by Crippen LogP contribution is -2.25. The molecule has 13 heavy (non-hydrogen) atoms. The third-order valence-corrected chi connectivity index (χ3v) is 4.90. The van der Waals surface area contributed by atoms with Gasteiger partial charge in [0.25, 0.3) is 0 Å². The largest absolute Gasteiger partial charge is 0.463 e. The highest BCUT2D eigenvalue weighted by molar-refractivity contribution is 7.98. The van der Waals surface area contributed by atoms with Gasteiger partial charge in [0.2, 0.25) is 5.75 Å². The summed E-state index contributed by atoms with van der Waals surface area (Å²) in [6, 6.07) is 0. The predicted octanol–water partition coefficient (Wildman–Crippen LogP) is 1.52. The summed E-state index contributed by atoms with van der Waals surface area (Å²) in [6.07, 6.45) is 4.43. The van der Waals surface area contributed by atoms with Crippen LogP contribution in [-0.4, -0.2) is 29.3 Å². The van der Waals surface area contributed by atoms with Crippen molar-refractivity contribution in [1.82, 2.24) is 0 Å². The van der Waals surface area contributed by atoms with E-state index in [2.05, 4.69) is 6.58 Å². The van der Waals surface area contributed by atoms with Gasteiger partial charge in [-0.25, -0.2) is 4.79 Å². The van der Waals surface area contributed by atoms with E-state index < -0.39 is 0 Å². The van der Waals surface area contributed by atoms with Crippen LogP contribution >= 0.6 is 0 Å². The van der Waals surface area contributed by atoms with Crippen molar-refractivity contribution < 1.29 is 9.53 Å². The lowest BCUT2D eigenvalue weighted by atomic mass is 10.2. The standard InChI is InChI=1S/C10H17O2S/c1-3-9-6-5-7-13(9)8-10(11)12-4-2/h3,9H,1,4-8H2,2H3/q+1/t9-,13?/m1/s1. The Morgan fingerprint density at radius 2 is 2.54 bits per heavy atom. The first kappa shape index (κ1) is 10.6. The second-order valence-corrected chi connectivity index (χ2v) is 5.48. The van der Waals surface area contributed by atoms with Crippen LogP contribution in [-0.2, 0) is 20.4 Å². The molecular formula is C10H17O2S+. The average molecular weight is 201 g/mol. The molecule has 1 aliphatic rings.